The molecule has 0 unspecified atom stereocenters. The standard InChI is InChI=1S/C14H19BrNO2/c1-14(2,3)18-13(17)16(4)8-10-6-5-7-12(15)11(10)9-16/h5-7H,8-9H2,1-4H3/q+1/t16-/m0/s1. The van der Waals surface area contributed by atoms with E-state index in [0.29, 0.717) is 13.1 Å². The van der Waals surface area contributed by atoms with Crippen LogP contribution in [-0.4, -0.2) is 23.2 Å². The Morgan fingerprint density at radius 3 is 2.56 bits per heavy atom. The minimum atomic E-state index is -0.440. The molecule has 98 valence electrons. The molecular weight excluding hydrogens is 294 g/mol. The Bertz CT molecular complexity index is 493. The molecule has 1 atom stereocenters. The van der Waals surface area contributed by atoms with Crippen molar-refractivity contribution in [3.8, 4) is 0 Å². The predicted molar refractivity (Wildman–Crippen MR) is 74.0 cm³/mol. The van der Waals surface area contributed by atoms with Gasteiger partial charge in [-0.1, -0.05) is 28.1 Å². The molecule has 2 rings (SSSR count). The van der Waals surface area contributed by atoms with Crippen molar-refractivity contribution in [1.29, 1.82) is 0 Å². The molecule has 3 nitrogen and oxygen atoms in total. The van der Waals surface area contributed by atoms with Gasteiger partial charge in [0, 0.05) is 15.6 Å². The van der Waals surface area contributed by atoms with Crippen molar-refractivity contribution in [3.05, 3.63) is 33.8 Å². The van der Waals surface area contributed by atoms with Crippen LogP contribution in [0.2, 0.25) is 0 Å². The highest BCUT2D eigenvalue weighted by molar-refractivity contribution is 9.10. The van der Waals surface area contributed by atoms with E-state index in [9.17, 15) is 4.79 Å². The maximum absolute atomic E-state index is 12.3. The van der Waals surface area contributed by atoms with E-state index >= 15 is 0 Å². The van der Waals surface area contributed by atoms with Crippen molar-refractivity contribution in [2.24, 2.45) is 0 Å². The lowest BCUT2D eigenvalue weighted by Gasteiger charge is -2.29. The van der Waals surface area contributed by atoms with Gasteiger partial charge in [-0.15, -0.1) is 0 Å². The molecule has 1 aromatic carbocycles. The smallest absolute Gasteiger partial charge is 0.414 e. The summed E-state index contributed by atoms with van der Waals surface area (Å²) < 4.78 is 6.88. The summed E-state index contributed by atoms with van der Waals surface area (Å²) in [4.78, 5) is 12.3. The number of benzene rings is 1. The number of carbonyl (C=O) groups excluding carboxylic acids is 1. The molecular formula is C14H19BrNO2+. The lowest BCUT2D eigenvalue weighted by molar-refractivity contribution is -0.858. The summed E-state index contributed by atoms with van der Waals surface area (Å²) in [5, 5.41) is 0. The maximum Gasteiger partial charge on any atom is 0.516 e. The van der Waals surface area contributed by atoms with Gasteiger partial charge in [0.1, 0.15) is 18.7 Å². The van der Waals surface area contributed by atoms with Crippen LogP contribution in [0.15, 0.2) is 22.7 Å². The quantitative estimate of drug-likeness (QED) is 0.680. The van der Waals surface area contributed by atoms with Gasteiger partial charge in [-0.3, -0.25) is 0 Å². The van der Waals surface area contributed by atoms with E-state index in [-0.39, 0.29) is 10.6 Å². The zero-order valence-electron chi connectivity index (χ0n) is 11.3. The topological polar surface area (TPSA) is 26.3 Å². The van der Waals surface area contributed by atoms with Crippen molar-refractivity contribution in [2.45, 2.75) is 39.5 Å². The molecule has 0 saturated carbocycles. The molecule has 0 N–H and O–H groups in total. The fourth-order valence-electron chi connectivity index (χ4n) is 2.21. The van der Waals surface area contributed by atoms with E-state index in [1.165, 1.54) is 11.1 Å². The number of fused-ring (bicyclic) bond motifs is 1. The van der Waals surface area contributed by atoms with Crippen LogP contribution in [0.3, 0.4) is 0 Å². The first-order valence-electron chi connectivity index (χ1n) is 6.06. The Balaban J connectivity index is 2.23. The number of nitrogens with zero attached hydrogens (tertiary/aromatic N) is 1. The molecule has 4 heteroatoms. The zero-order valence-corrected chi connectivity index (χ0v) is 12.9. The van der Waals surface area contributed by atoms with Crippen LogP contribution >= 0.6 is 15.9 Å². The highest BCUT2D eigenvalue weighted by Gasteiger charge is 2.43. The number of carbonyl (C=O) groups is 1. The Labute approximate surface area is 116 Å². The lowest BCUT2D eigenvalue weighted by Crippen LogP contribution is -2.47. The summed E-state index contributed by atoms with van der Waals surface area (Å²) in [6, 6.07) is 6.10. The summed E-state index contributed by atoms with van der Waals surface area (Å²) >= 11 is 3.55. The molecule has 1 aliphatic heterocycles. The summed E-state index contributed by atoms with van der Waals surface area (Å²) in [5.41, 5.74) is 1.99. The largest absolute Gasteiger partial charge is 0.516 e. The Kier molecular flexibility index (Phi) is 3.28. The van der Waals surface area contributed by atoms with Crippen LogP contribution in [0.1, 0.15) is 31.9 Å². The molecule has 0 saturated heterocycles. The minimum absolute atomic E-state index is 0.161. The van der Waals surface area contributed by atoms with E-state index in [1.807, 2.05) is 40.0 Å². The van der Waals surface area contributed by atoms with Crippen molar-refractivity contribution in [1.82, 2.24) is 0 Å². The Morgan fingerprint density at radius 2 is 2.00 bits per heavy atom. The Hall–Kier alpha value is -0.870. The van der Waals surface area contributed by atoms with Gasteiger partial charge in [-0.05, 0) is 26.8 Å². The van der Waals surface area contributed by atoms with Crippen LogP contribution in [0.5, 0.6) is 0 Å². The van der Waals surface area contributed by atoms with E-state index < -0.39 is 5.60 Å². The molecule has 0 radical (unpaired) electrons. The maximum atomic E-state index is 12.3. The molecule has 18 heavy (non-hydrogen) atoms. The van der Waals surface area contributed by atoms with Gasteiger partial charge in [-0.2, -0.15) is 4.79 Å². The van der Waals surface area contributed by atoms with E-state index in [4.69, 9.17) is 4.74 Å². The molecule has 1 aromatic rings. The number of quaternary nitrogens is 1. The van der Waals surface area contributed by atoms with Gasteiger partial charge in [0.15, 0.2) is 0 Å². The number of hydrogen-bond acceptors (Lipinski definition) is 2. The molecule has 1 aliphatic rings. The first-order chi connectivity index (χ1) is 8.21. The third-order valence-electron chi connectivity index (χ3n) is 3.08. The summed E-state index contributed by atoms with van der Waals surface area (Å²) in [6.07, 6.45) is -0.161. The van der Waals surface area contributed by atoms with Crippen LogP contribution in [0.25, 0.3) is 0 Å². The first-order valence-corrected chi connectivity index (χ1v) is 6.85. The van der Waals surface area contributed by atoms with Crippen LogP contribution in [0, 0.1) is 0 Å². The van der Waals surface area contributed by atoms with E-state index in [1.54, 1.807) is 0 Å². The molecule has 0 aliphatic carbocycles. The molecule has 0 fully saturated rings. The monoisotopic (exact) mass is 312 g/mol. The summed E-state index contributed by atoms with van der Waals surface area (Å²) in [6.45, 7) is 7.08. The number of ether oxygens (including phenoxy) is 1. The number of halogens is 1. The third-order valence-corrected chi connectivity index (χ3v) is 3.82. The zero-order chi connectivity index (χ0) is 13.6. The first kappa shape index (κ1) is 13.6. The normalized spacial score (nSPS) is 22.7. The number of hydrogen-bond donors (Lipinski definition) is 0. The SMILES string of the molecule is CC(C)(C)OC(=O)[N@@+]1(C)Cc2cccc(Br)c2C1. The second-order valence-corrected chi connectivity index (χ2v) is 6.92. The lowest BCUT2D eigenvalue weighted by atomic mass is 10.1. The molecule has 0 bridgehead atoms. The highest BCUT2D eigenvalue weighted by atomic mass is 79.9. The fourth-order valence-corrected chi connectivity index (χ4v) is 2.74. The predicted octanol–water partition coefficient (Wildman–Crippen LogP) is 3.84. The third kappa shape index (κ3) is 2.59. The van der Waals surface area contributed by atoms with Crippen molar-refractivity contribution >= 4 is 22.0 Å². The average Bonchev–Trinajstić information content (AvgIpc) is 2.55. The second-order valence-electron chi connectivity index (χ2n) is 6.07. The van der Waals surface area contributed by atoms with Crippen LogP contribution in [-0.2, 0) is 17.8 Å². The van der Waals surface area contributed by atoms with Crippen molar-refractivity contribution in [2.75, 3.05) is 7.05 Å². The second kappa shape index (κ2) is 4.35. The van der Waals surface area contributed by atoms with Gasteiger partial charge < -0.3 is 4.74 Å². The number of amides is 1. The van der Waals surface area contributed by atoms with E-state index in [0.717, 1.165) is 4.47 Å². The molecule has 0 spiro atoms. The molecule has 1 amide bonds. The molecule has 0 aromatic heterocycles. The minimum Gasteiger partial charge on any atom is -0.414 e. The van der Waals surface area contributed by atoms with Gasteiger partial charge in [0.25, 0.3) is 0 Å². The van der Waals surface area contributed by atoms with Gasteiger partial charge in [-0.25, -0.2) is 4.48 Å². The summed E-state index contributed by atoms with van der Waals surface area (Å²) in [5.74, 6) is 0. The van der Waals surface area contributed by atoms with Crippen LogP contribution < -0.4 is 0 Å². The van der Waals surface area contributed by atoms with E-state index in [2.05, 4.69) is 22.0 Å². The van der Waals surface area contributed by atoms with Gasteiger partial charge >= 0.3 is 6.09 Å². The van der Waals surface area contributed by atoms with Crippen molar-refractivity contribution < 1.29 is 14.0 Å². The van der Waals surface area contributed by atoms with Gasteiger partial charge in [0.2, 0.25) is 0 Å². The Morgan fingerprint density at radius 1 is 1.33 bits per heavy atom. The average molecular weight is 313 g/mol. The summed E-state index contributed by atoms with van der Waals surface area (Å²) in [7, 11) is 1.93. The molecule has 1 heterocycles. The van der Waals surface area contributed by atoms with Gasteiger partial charge in [0.05, 0.1) is 7.05 Å². The highest BCUT2D eigenvalue weighted by Crippen LogP contribution is 2.34. The number of rotatable bonds is 0. The van der Waals surface area contributed by atoms with Crippen LogP contribution in [0.4, 0.5) is 4.79 Å². The van der Waals surface area contributed by atoms with Crippen molar-refractivity contribution in [3.63, 3.8) is 0 Å². The fraction of sp³-hybridized carbons (Fsp3) is 0.500.